The van der Waals surface area contributed by atoms with Crippen LogP contribution in [0.3, 0.4) is 0 Å². The molecule has 0 bridgehead atoms. The van der Waals surface area contributed by atoms with E-state index in [0.717, 1.165) is 12.8 Å². The van der Waals surface area contributed by atoms with Gasteiger partial charge in [-0.15, -0.1) is 0 Å². The molecule has 1 aromatic rings. The molecule has 1 saturated heterocycles. The molecule has 1 aliphatic rings. The molecular formula is C12H19N5O2. The monoisotopic (exact) mass is 265 g/mol. The first kappa shape index (κ1) is 13.5. The first-order valence-corrected chi connectivity index (χ1v) is 6.45. The maximum absolute atomic E-state index is 12.3. The predicted molar refractivity (Wildman–Crippen MR) is 69.2 cm³/mol. The summed E-state index contributed by atoms with van der Waals surface area (Å²) >= 11 is 0. The molecule has 1 atom stereocenters. The number of imidazole rings is 1. The van der Waals surface area contributed by atoms with Crippen LogP contribution in [0.4, 0.5) is 0 Å². The van der Waals surface area contributed by atoms with E-state index in [-0.39, 0.29) is 5.91 Å². The first-order valence-electron chi connectivity index (χ1n) is 6.45. The smallest absolute Gasteiger partial charge is 0.274 e. The normalized spacial score (nSPS) is 19.4. The van der Waals surface area contributed by atoms with Gasteiger partial charge in [-0.25, -0.2) is 4.98 Å². The van der Waals surface area contributed by atoms with Crippen molar-refractivity contribution in [3.63, 3.8) is 0 Å². The summed E-state index contributed by atoms with van der Waals surface area (Å²) in [5.74, 6) is -0.686. The minimum absolute atomic E-state index is 0.237. The highest BCUT2D eigenvalue weighted by Gasteiger charge is 2.32. The lowest BCUT2D eigenvalue weighted by molar-refractivity contribution is -0.123. The molecule has 1 aliphatic heterocycles. The van der Waals surface area contributed by atoms with Crippen molar-refractivity contribution in [2.75, 3.05) is 13.1 Å². The van der Waals surface area contributed by atoms with Crippen LogP contribution in [0, 0.1) is 0 Å². The average Bonchev–Trinajstić information content (AvgIpc) is 2.87. The third-order valence-corrected chi connectivity index (χ3v) is 3.33. The summed E-state index contributed by atoms with van der Waals surface area (Å²) in [6.45, 7) is 1.65. The molecule has 2 rings (SSSR count). The van der Waals surface area contributed by atoms with Crippen molar-refractivity contribution in [2.24, 2.45) is 11.5 Å². The van der Waals surface area contributed by atoms with Crippen LogP contribution in [0.25, 0.3) is 0 Å². The second-order valence-electron chi connectivity index (χ2n) is 4.70. The minimum Gasteiger partial charge on any atom is -0.368 e. The van der Waals surface area contributed by atoms with Gasteiger partial charge in [0.1, 0.15) is 11.7 Å². The van der Waals surface area contributed by atoms with E-state index in [9.17, 15) is 9.59 Å². The topological polar surface area (TPSA) is 107 Å². The van der Waals surface area contributed by atoms with E-state index in [1.54, 1.807) is 17.1 Å². The summed E-state index contributed by atoms with van der Waals surface area (Å²) in [5.41, 5.74) is 11.1. The van der Waals surface area contributed by atoms with Crippen molar-refractivity contribution < 1.29 is 9.59 Å². The van der Waals surface area contributed by atoms with Crippen molar-refractivity contribution in [3.05, 3.63) is 18.2 Å². The molecule has 0 aromatic carbocycles. The standard InChI is InChI=1S/C12H19N5O2/c13-4-6-16-7-9(15-8-16)12(19)17-5-2-1-3-10(17)11(14)18/h7-8,10H,1-6,13H2,(H2,14,18). The van der Waals surface area contributed by atoms with E-state index in [1.165, 1.54) is 4.90 Å². The lowest BCUT2D eigenvalue weighted by Crippen LogP contribution is -2.50. The van der Waals surface area contributed by atoms with Crippen LogP contribution < -0.4 is 11.5 Å². The number of amides is 2. The lowest BCUT2D eigenvalue weighted by Gasteiger charge is -2.33. The molecule has 1 fully saturated rings. The number of carbonyl (C=O) groups is 2. The molecule has 1 aromatic heterocycles. The van der Waals surface area contributed by atoms with Gasteiger partial charge in [-0.3, -0.25) is 9.59 Å². The highest BCUT2D eigenvalue weighted by atomic mass is 16.2. The average molecular weight is 265 g/mol. The fourth-order valence-corrected chi connectivity index (χ4v) is 2.36. The van der Waals surface area contributed by atoms with Gasteiger partial charge in [-0.2, -0.15) is 0 Å². The molecule has 2 heterocycles. The summed E-state index contributed by atoms with van der Waals surface area (Å²) < 4.78 is 1.76. The van der Waals surface area contributed by atoms with Gasteiger partial charge in [0.2, 0.25) is 5.91 Å². The molecule has 4 N–H and O–H groups in total. The third-order valence-electron chi connectivity index (χ3n) is 3.33. The second-order valence-corrected chi connectivity index (χ2v) is 4.70. The Hall–Kier alpha value is -1.89. The zero-order valence-corrected chi connectivity index (χ0v) is 10.8. The fraction of sp³-hybridized carbons (Fsp3) is 0.583. The van der Waals surface area contributed by atoms with Crippen LogP contribution >= 0.6 is 0 Å². The van der Waals surface area contributed by atoms with Crippen molar-refractivity contribution in [1.29, 1.82) is 0 Å². The number of aromatic nitrogens is 2. The number of hydrogen-bond donors (Lipinski definition) is 2. The quantitative estimate of drug-likeness (QED) is 0.752. The number of rotatable bonds is 4. The third kappa shape index (κ3) is 2.93. The summed E-state index contributed by atoms with van der Waals surface area (Å²) in [6.07, 6.45) is 5.66. The molecule has 2 amide bonds. The van der Waals surface area contributed by atoms with Gasteiger partial charge in [0.05, 0.1) is 6.33 Å². The Bertz CT molecular complexity index is 470. The lowest BCUT2D eigenvalue weighted by atomic mass is 10.0. The van der Waals surface area contributed by atoms with Crippen molar-refractivity contribution in [2.45, 2.75) is 31.8 Å². The molecule has 104 valence electrons. The number of carbonyl (C=O) groups excluding carboxylic acids is 2. The van der Waals surface area contributed by atoms with Crippen LogP contribution in [-0.2, 0) is 11.3 Å². The largest absolute Gasteiger partial charge is 0.368 e. The Balaban J connectivity index is 2.14. The van der Waals surface area contributed by atoms with E-state index in [4.69, 9.17) is 11.5 Å². The Morgan fingerprint density at radius 2 is 2.21 bits per heavy atom. The van der Waals surface area contributed by atoms with E-state index < -0.39 is 11.9 Å². The van der Waals surface area contributed by atoms with Crippen LogP contribution in [0.1, 0.15) is 29.8 Å². The number of hydrogen-bond acceptors (Lipinski definition) is 4. The Labute approximate surface area is 111 Å². The Morgan fingerprint density at radius 3 is 2.89 bits per heavy atom. The Morgan fingerprint density at radius 1 is 1.42 bits per heavy atom. The second kappa shape index (κ2) is 5.83. The summed E-state index contributed by atoms with van der Waals surface area (Å²) in [6, 6.07) is -0.513. The van der Waals surface area contributed by atoms with Crippen LogP contribution in [0.2, 0.25) is 0 Å². The first-order chi connectivity index (χ1) is 9.13. The number of nitrogens with zero attached hydrogens (tertiary/aromatic N) is 3. The molecule has 1 unspecified atom stereocenters. The van der Waals surface area contributed by atoms with Crippen molar-refractivity contribution in [3.8, 4) is 0 Å². The van der Waals surface area contributed by atoms with Crippen LogP contribution in [-0.4, -0.2) is 45.4 Å². The Kier molecular flexibility index (Phi) is 4.16. The van der Waals surface area contributed by atoms with Crippen LogP contribution in [0.5, 0.6) is 0 Å². The summed E-state index contributed by atoms with van der Waals surface area (Å²) in [4.78, 5) is 29.3. The zero-order chi connectivity index (χ0) is 13.8. The summed E-state index contributed by atoms with van der Waals surface area (Å²) in [5, 5.41) is 0. The maximum atomic E-state index is 12.3. The number of likely N-dealkylation sites (tertiary alicyclic amines) is 1. The molecule has 0 spiro atoms. The van der Waals surface area contributed by atoms with Crippen molar-refractivity contribution in [1.82, 2.24) is 14.5 Å². The van der Waals surface area contributed by atoms with Gasteiger partial charge in [0.15, 0.2) is 0 Å². The van der Waals surface area contributed by atoms with Gasteiger partial charge >= 0.3 is 0 Å². The van der Waals surface area contributed by atoms with Gasteiger partial charge < -0.3 is 20.9 Å². The highest BCUT2D eigenvalue weighted by Crippen LogP contribution is 2.18. The zero-order valence-electron chi connectivity index (χ0n) is 10.8. The minimum atomic E-state index is -0.513. The van der Waals surface area contributed by atoms with E-state index >= 15 is 0 Å². The summed E-state index contributed by atoms with van der Waals surface area (Å²) in [7, 11) is 0. The van der Waals surface area contributed by atoms with E-state index in [0.29, 0.717) is 31.7 Å². The molecule has 7 nitrogen and oxygen atoms in total. The number of nitrogens with two attached hydrogens (primary N) is 2. The van der Waals surface area contributed by atoms with Gasteiger partial charge in [-0.05, 0) is 19.3 Å². The fourth-order valence-electron chi connectivity index (χ4n) is 2.36. The predicted octanol–water partition coefficient (Wildman–Crippen LogP) is -0.678. The van der Waals surface area contributed by atoms with Gasteiger partial charge in [0.25, 0.3) is 5.91 Å². The van der Waals surface area contributed by atoms with Gasteiger partial charge in [-0.1, -0.05) is 0 Å². The molecule has 0 saturated carbocycles. The number of piperidine rings is 1. The van der Waals surface area contributed by atoms with Gasteiger partial charge in [0, 0.05) is 25.8 Å². The SMILES string of the molecule is NCCn1cnc(C(=O)N2CCCCC2C(N)=O)c1. The molecule has 0 radical (unpaired) electrons. The van der Waals surface area contributed by atoms with E-state index in [1.807, 2.05) is 0 Å². The molecule has 7 heteroatoms. The molecule has 0 aliphatic carbocycles. The maximum Gasteiger partial charge on any atom is 0.274 e. The van der Waals surface area contributed by atoms with Crippen molar-refractivity contribution >= 4 is 11.8 Å². The van der Waals surface area contributed by atoms with Crippen LogP contribution in [0.15, 0.2) is 12.5 Å². The number of primary amides is 1. The molecule has 19 heavy (non-hydrogen) atoms. The van der Waals surface area contributed by atoms with E-state index in [2.05, 4.69) is 4.98 Å². The highest BCUT2D eigenvalue weighted by molar-refractivity contribution is 5.95. The molecular weight excluding hydrogens is 246 g/mol.